The van der Waals surface area contributed by atoms with Crippen molar-refractivity contribution in [3.8, 4) is 0 Å². The van der Waals surface area contributed by atoms with Crippen LogP contribution in [-0.4, -0.2) is 44.6 Å². The third-order valence-corrected chi connectivity index (χ3v) is 6.24. The number of nitrogens with zero attached hydrogens (tertiary/aromatic N) is 1. The summed E-state index contributed by atoms with van der Waals surface area (Å²) in [5.41, 5.74) is 0.241. The fourth-order valence-electron chi connectivity index (χ4n) is 1.72. The van der Waals surface area contributed by atoms with Crippen LogP contribution in [0.25, 0.3) is 0 Å². The van der Waals surface area contributed by atoms with Crippen LogP contribution in [0.4, 0.5) is 4.79 Å². The molecule has 0 saturated carbocycles. The van der Waals surface area contributed by atoms with Crippen molar-refractivity contribution in [1.82, 2.24) is 10.2 Å². The van der Waals surface area contributed by atoms with Gasteiger partial charge in [0.25, 0.3) is 0 Å². The number of hydrogen-bond donors (Lipinski definition) is 1. The minimum absolute atomic E-state index is 0.0535. The molecular formula is C9H20N2O2Si. The molecule has 0 bridgehead atoms. The summed E-state index contributed by atoms with van der Waals surface area (Å²) in [7, 11) is -1.75. The molecule has 4 nitrogen and oxygen atoms in total. The molecule has 0 aromatic rings. The Morgan fingerprint density at radius 3 is 2.71 bits per heavy atom. The molecule has 2 amide bonds. The van der Waals surface area contributed by atoms with Crippen LogP contribution in [-0.2, 0) is 4.43 Å². The largest absolute Gasteiger partial charge is 0.416 e. The number of urea groups is 1. The lowest BCUT2D eigenvalue weighted by Crippen LogP contribution is -2.54. The molecule has 1 aliphatic rings. The van der Waals surface area contributed by atoms with Crippen molar-refractivity contribution in [1.29, 1.82) is 0 Å². The molecule has 0 aromatic carbocycles. The molecule has 1 heterocycles. The first-order valence-electron chi connectivity index (χ1n) is 5.17. The molecule has 0 radical (unpaired) electrons. The van der Waals surface area contributed by atoms with Gasteiger partial charge in [-0.2, -0.15) is 0 Å². The monoisotopic (exact) mass is 216 g/mol. The Labute approximate surface area is 86.7 Å². The van der Waals surface area contributed by atoms with Gasteiger partial charge in [0.05, 0.1) is 0 Å². The van der Waals surface area contributed by atoms with Crippen molar-refractivity contribution < 1.29 is 9.22 Å². The lowest BCUT2D eigenvalue weighted by Gasteiger charge is -2.34. The normalized spacial score (nSPS) is 19.7. The predicted molar refractivity (Wildman–Crippen MR) is 58.7 cm³/mol. The van der Waals surface area contributed by atoms with Crippen LogP contribution in [0.15, 0.2) is 0 Å². The van der Waals surface area contributed by atoms with Gasteiger partial charge in [-0.1, -0.05) is 0 Å². The number of nitrogens with one attached hydrogen (secondary N) is 1. The summed E-state index contributed by atoms with van der Waals surface area (Å²) in [5.74, 6) is 0. The third-order valence-electron chi connectivity index (χ3n) is 2.88. The maximum absolute atomic E-state index is 11.4. The number of rotatable bonds is 4. The second kappa shape index (κ2) is 4.31. The van der Waals surface area contributed by atoms with Crippen molar-refractivity contribution in [3.05, 3.63) is 0 Å². The van der Waals surface area contributed by atoms with Crippen LogP contribution in [0.2, 0.25) is 13.1 Å². The van der Waals surface area contributed by atoms with Crippen LogP contribution < -0.4 is 5.32 Å². The first-order chi connectivity index (χ1) is 6.49. The SMILES string of the molecule is CCO[Si](C)(C)C(C)N1CCNC1=O. The van der Waals surface area contributed by atoms with Crippen LogP contribution in [0, 0.1) is 0 Å². The Balaban J connectivity index is 2.63. The van der Waals surface area contributed by atoms with E-state index in [0.717, 1.165) is 19.7 Å². The topological polar surface area (TPSA) is 41.6 Å². The van der Waals surface area contributed by atoms with Gasteiger partial charge < -0.3 is 14.6 Å². The first-order valence-corrected chi connectivity index (χ1v) is 8.16. The van der Waals surface area contributed by atoms with E-state index < -0.39 is 8.32 Å². The highest BCUT2D eigenvalue weighted by atomic mass is 28.4. The van der Waals surface area contributed by atoms with Gasteiger partial charge in [0, 0.05) is 25.4 Å². The molecule has 1 rings (SSSR count). The van der Waals surface area contributed by atoms with Gasteiger partial charge in [0.15, 0.2) is 0 Å². The van der Waals surface area contributed by atoms with Crippen molar-refractivity contribution in [2.75, 3.05) is 19.7 Å². The molecule has 1 unspecified atom stereocenters. The van der Waals surface area contributed by atoms with Crippen LogP contribution >= 0.6 is 0 Å². The zero-order valence-corrected chi connectivity index (χ0v) is 10.5. The third kappa shape index (κ3) is 2.27. The molecule has 0 aromatic heterocycles. The molecule has 0 aliphatic carbocycles. The summed E-state index contributed by atoms with van der Waals surface area (Å²) in [5, 5.41) is 2.82. The van der Waals surface area contributed by atoms with E-state index in [1.807, 2.05) is 11.8 Å². The Bertz CT molecular complexity index is 221. The maximum atomic E-state index is 11.4. The second-order valence-electron chi connectivity index (χ2n) is 4.14. The zero-order valence-electron chi connectivity index (χ0n) is 9.46. The number of carbonyl (C=O) groups excluding carboxylic acids is 1. The van der Waals surface area contributed by atoms with E-state index in [2.05, 4.69) is 25.3 Å². The van der Waals surface area contributed by atoms with Crippen molar-refractivity contribution in [2.45, 2.75) is 32.6 Å². The second-order valence-corrected chi connectivity index (χ2v) is 8.47. The van der Waals surface area contributed by atoms with Gasteiger partial charge in [-0.25, -0.2) is 4.79 Å². The summed E-state index contributed by atoms with van der Waals surface area (Å²) >= 11 is 0. The minimum Gasteiger partial charge on any atom is -0.416 e. The average molecular weight is 216 g/mol. The molecule has 0 spiro atoms. The van der Waals surface area contributed by atoms with Crippen molar-refractivity contribution in [3.63, 3.8) is 0 Å². The fourth-order valence-corrected chi connectivity index (χ4v) is 3.71. The van der Waals surface area contributed by atoms with E-state index in [1.165, 1.54) is 0 Å². The summed E-state index contributed by atoms with van der Waals surface area (Å²) in [4.78, 5) is 13.3. The minimum atomic E-state index is -1.75. The molecule has 1 N–H and O–H groups in total. The van der Waals surface area contributed by atoms with Crippen LogP contribution in [0.3, 0.4) is 0 Å². The van der Waals surface area contributed by atoms with E-state index in [1.54, 1.807) is 0 Å². The quantitative estimate of drug-likeness (QED) is 0.717. The van der Waals surface area contributed by atoms with Gasteiger partial charge in [0.1, 0.15) is 0 Å². The molecule has 1 atom stereocenters. The first kappa shape index (κ1) is 11.5. The van der Waals surface area contributed by atoms with E-state index in [0.29, 0.717) is 0 Å². The van der Waals surface area contributed by atoms with Gasteiger partial charge >= 0.3 is 6.03 Å². The number of hydrogen-bond acceptors (Lipinski definition) is 2. The molecule has 5 heteroatoms. The molecule has 1 aliphatic heterocycles. The average Bonchev–Trinajstić information content (AvgIpc) is 2.50. The predicted octanol–water partition coefficient (Wildman–Crippen LogP) is 1.18. The van der Waals surface area contributed by atoms with Gasteiger partial charge in [-0.3, -0.25) is 0 Å². The highest BCUT2D eigenvalue weighted by Gasteiger charge is 2.38. The van der Waals surface area contributed by atoms with Crippen molar-refractivity contribution in [2.24, 2.45) is 0 Å². The summed E-state index contributed by atoms with van der Waals surface area (Å²) in [6.45, 7) is 10.7. The Hall–Kier alpha value is -0.553. The summed E-state index contributed by atoms with van der Waals surface area (Å²) in [6.07, 6.45) is 0. The van der Waals surface area contributed by atoms with Crippen LogP contribution in [0.5, 0.6) is 0 Å². The van der Waals surface area contributed by atoms with Gasteiger partial charge in [-0.15, -0.1) is 0 Å². The Morgan fingerprint density at radius 1 is 1.64 bits per heavy atom. The van der Waals surface area contributed by atoms with Crippen molar-refractivity contribution >= 4 is 14.3 Å². The maximum Gasteiger partial charge on any atom is 0.317 e. The molecule has 82 valence electrons. The molecule has 1 fully saturated rings. The Morgan fingerprint density at radius 2 is 2.29 bits per heavy atom. The Kier molecular flexibility index (Phi) is 3.55. The standard InChI is InChI=1S/C9H20N2O2Si/c1-5-13-14(3,4)8(2)11-7-6-10-9(11)12/h8H,5-7H2,1-4H3,(H,10,12). The van der Waals surface area contributed by atoms with E-state index >= 15 is 0 Å². The zero-order chi connectivity index (χ0) is 10.8. The smallest absolute Gasteiger partial charge is 0.317 e. The highest BCUT2D eigenvalue weighted by molar-refractivity contribution is 6.72. The fraction of sp³-hybridized carbons (Fsp3) is 0.889. The molecule has 1 saturated heterocycles. The van der Waals surface area contributed by atoms with Gasteiger partial charge in [0.2, 0.25) is 8.32 Å². The molecular weight excluding hydrogens is 196 g/mol. The molecule has 14 heavy (non-hydrogen) atoms. The van der Waals surface area contributed by atoms with Gasteiger partial charge in [-0.05, 0) is 26.9 Å². The lowest BCUT2D eigenvalue weighted by molar-refractivity contribution is 0.205. The number of carbonyl (C=O) groups is 1. The van der Waals surface area contributed by atoms with E-state index in [-0.39, 0.29) is 11.7 Å². The lowest BCUT2D eigenvalue weighted by atomic mass is 10.6. The van der Waals surface area contributed by atoms with E-state index in [9.17, 15) is 4.79 Å². The van der Waals surface area contributed by atoms with Crippen LogP contribution in [0.1, 0.15) is 13.8 Å². The van der Waals surface area contributed by atoms with E-state index in [4.69, 9.17) is 4.43 Å². The highest BCUT2D eigenvalue weighted by Crippen LogP contribution is 2.17. The summed E-state index contributed by atoms with van der Waals surface area (Å²) < 4.78 is 5.77. The number of amides is 2. The summed E-state index contributed by atoms with van der Waals surface area (Å²) in [6, 6.07) is 0.0535.